The van der Waals surface area contributed by atoms with E-state index < -0.39 is 0 Å². The van der Waals surface area contributed by atoms with Gasteiger partial charge in [0.1, 0.15) is 12.1 Å². The summed E-state index contributed by atoms with van der Waals surface area (Å²) in [5.41, 5.74) is 7.56. The predicted molar refractivity (Wildman–Crippen MR) is 64.5 cm³/mol. The summed E-state index contributed by atoms with van der Waals surface area (Å²) in [4.78, 5) is 4.18. The molecule has 2 aromatic rings. The van der Waals surface area contributed by atoms with Crippen molar-refractivity contribution in [2.45, 2.75) is 26.3 Å². The van der Waals surface area contributed by atoms with Crippen LogP contribution in [0.3, 0.4) is 0 Å². The van der Waals surface area contributed by atoms with Crippen molar-refractivity contribution in [2.75, 3.05) is 11.9 Å². The molecule has 2 aromatic heterocycles. The Morgan fingerprint density at radius 1 is 1.50 bits per heavy atom. The molecule has 0 aliphatic carbocycles. The second-order valence-corrected chi connectivity index (χ2v) is 4.07. The Bertz CT molecular complexity index is 476. The van der Waals surface area contributed by atoms with Gasteiger partial charge in [-0.25, -0.2) is 4.98 Å². The van der Waals surface area contributed by atoms with Gasteiger partial charge in [0, 0.05) is 6.04 Å². The van der Waals surface area contributed by atoms with Crippen LogP contribution in [0, 0.1) is 6.92 Å². The Morgan fingerprint density at radius 3 is 3.06 bits per heavy atom. The average Bonchev–Trinajstić information content (AvgIpc) is 2.65. The first-order chi connectivity index (χ1) is 7.70. The highest BCUT2D eigenvalue weighted by molar-refractivity contribution is 5.51. The second kappa shape index (κ2) is 4.49. The highest BCUT2D eigenvalue weighted by Crippen LogP contribution is 2.14. The molecule has 0 saturated carbocycles. The van der Waals surface area contributed by atoms with Crippen molar-refractivity contribution in [1.82, 2.24) is 14.6 Å². The van der Waals surface area contributed by atoms with Crippen molar-refractivity contribution in [3.63, 3.8) is 0 Å². The zero-order chi connectivity index (χ0) is 11.5. The molecule has 1 atom stereocenters. The number of hydrogen-bond acceptors (Lipinski definition) is 4. The minimum absolute atomic E-state index is 0.333. The molecule has 2 heterocycles. The van der Waals surface area contributed by atoms with E-state index in [0.29, 0.717) is 12.6 Å². The molecule has 5 nitrogen and oxygen atoms in total. The SMILES string of the molecule is Cc1cc(NC(C)CCN)n2ncnc2c1. The lowest BCUT2D eigenvalue weighted by molar-refractivity contribution is 0.708. The van der Waals surface area contributed by atoms with E-state index in [1.807, 2.05) is 13.0 Å². The number of nitrogens with one attached hydrogen (secondary N) is 1. The summed E-state index contributed by atoms with van der Waals surface area (Å²) in [5, 5.41) is 7.58. The van der Waals surface area contributed by atoms with E-state index in [1.165, 1.54) is 5.56 Å². The lowest BCUT2D eigenvalue weighted by Crippen LogP contribution is -2.21. The van der Waals surface area contributed by atoms with Gasteiger partial charge in [-0.2, -0.15) is 9.61 Å². The van der Waals surface area contributed by atoms with Gasteiger partial charge in [-0.15, -0.1) is 0 Å². The first-order valence-corrected chi connectivity index (χ1v) is 5.47. The van der Waals surface area contributed by atoms with Crippen LogP contribution >= 0.6 is 0 Å². The Kier molecular flexibility index (Phi) is 3.05. The lowest BCUT2D eigenvalue weighted by atomic mass is 10.2. The smallest absolute Gasteiger partial charge is 0.157 e. The summed E-state index contributed by atoms with van der Waals surface area (Å²) in [5.74, 6) is 0.966. The third kappa shape index (κ3) is 2.14. The minimum atomic E-state index is 0.333. The van der Waals surface area contributed by atoms with Gasteiger partial charge in [0.05, 0.1) is 0 Å². The fourth-order valence-corrected chi connectivity index (χ4v) is 1.73. The molecule has 0 amide bonds. The van der Waals surface area contributed by atoms with E-state index in [-0.39, 0.29) is 0 Å². The van der Waals surface area contributed by atoms with E-state index in [1.54, 1.807) is 10.8 Å². The normalized spacial score (nSPS) is 12.9. The van der Waals surface area contributed by atoms with Crippen molar-refractivity contribution in [1.29, 1.82) is 0 Å². The number of pyridine rings is 1. The number of anilines is 1. The molecule has 86 valence electrons. The van der Waals surface area contributed by atoms with Gasteiger partial charge in [0.25, 0.3) is 0 Å². The highest BCUT2D eigenvalue weighted by Gasteiger charge is 2.06. The molecule has 0 radical (unpaired) electrons. The first kappa shape index (κ1) is 10.9. The Morgan fingerprint density at radius 2 is 2.31 bits per heavy atom. The maximum atomic E-state index is 5.53. The minimum Gasteiger partial charge on any atom is -0.367 e. The quantitative estimate of drug-likeness (QED) is 0.810. The molecule has 0 fully saturated rings. The number of hydrogen-bond donors (Lipinski definition) is 2. The summed E-state index contributed by atoms with van der Waals surface area (Å²) >= 11 is 0. The van der Waals surface area contributed by atoms with Gasteiger partial charge in [0.2, 0.25) is 0 Å². The van der Waals surface area contributed by atoms with E-state index in [0.717, 1.165) is 17.9 Å². The van der Waals surface area contributed by atoms with Crippen LogP contribution in [-0.2, 0) is 0 Å². The molecule has 5 heteroatoms. The van der Waals surface area contributed by atoms with Crippen LogP contribution < -0.4 is 11.1 Å². The van der Waals surface area contributed by atoms with Crippen LogP contribution in [0.4, 0.5) is 5.82 Å². The topological polar surface area (TPSA) is 68.2 Å². The molecule has 0 bridgehead atoms. The number of fused-ring (bicyclic) bond motifs is 1. The van der Waals surface area contributed by atoms with Gasteiger partial charge in [-0.3, -0.25) is 0 Å². The van der Waals surface area contributed by atoms with Crippen molar-refractivity contribution in [3.8, 4) is 0 Å². The molecular weight excluding hydrogens is 202 g/mol. The molecular formula is C11H17N5. The van der Waals surface area contributed by atoms with Crippen molar-refractivity contribution >= 4 is 11.5 Å². The molecule has 16 heavy (non-hydrogen) atoms. The molecule has 0 aromatic carbocycles. The summed E-state index contributed by atoms with van der Waals surface area (Å²) < 4.78 is 1.81. The fraction of sp³-hybridized carbons (Fsp3) is 0.455. The van der Waals surface area contributed by atoms with E-state index in [4.69, 9.17) is 5.73 Å². The maximum absolute atomic E-state index is 5.53. The van der Waals surface area contributed by atoms with Crippen LogP contribution in [0.5, 0.6) is 0 Å². The fourth-order valence-electron chi connectivity index (χ4n) is 1.73. The van der Waals surface area contributed by atoms with Gasteiger partial charge >= 0.3 is 0 Å². The standard InChI is InChI=1S/C11H17N5/c1-8-5-10-13-7-14-16(10)11(6-8)15-9(2)3-4-12/h5-7,9,15H,3-4,12H2,1-2H3. The Balaban J connectivity index is 2.31. The number of aryl methyl sites for hydroxylation is 1. The average molecular weight is 219 g/mol. The van der Waals surface area contributed by atoms with E-state index in [9.17, 15) is 0 Å². The summed E-state index contributed by atoms with van der Waals surface area (Å²) in [7, 11) is 0. The van der Waals surface area contributed by atoms with Crippen molar-refractivity contribution < 1.29 is 0 Å². The van der Waals surface area contributed by atoms with Crippen LogP contribution in [0.1, 0.15) is 18.9 Å². The summed E-state index contributed by atoms with van der Waals surface area (Å²) in [6.45, 7) is 4.84. The van der Waals surface area contributed by atoms with E-state index >= 15 is 0 Å². The van der Waals surface area contributed by atoms with Gasteiger partial charge in [0.15, 0.2) is 5.65 Å². The molecule has 3 N–H and O–H groups in total. The van der Waals surface area contributed by atoms with Crippen LogP contribution in [0.25, 0.3) is 5.65 Å². The molecule has 0 aliphatic rings. The highest BCUT2D eigenvalue weighted by atomic mass is 15.3. The zero-order valence-electron chi connectivity index (χ0n) is 9.64. The second-order valence-electron chi connectivity index (χ2n) is 4.07. The largest absolute Gasteiger partial charge is 0.367 e. The third-order valence-electron chi connectivity index (χ3n) is 2.52. The molecule has 2 rings (SSSR count). The number of nitrogens with two attached hydrogens (primary N) is 1. The molecule has 0 saturated heterocycles. The van der Waals surface area contributed by atoms with Crippen LogP contribution in [0.2, 0.25) is 0 Å². The van der Waals surface area contributed by atoms with Crippen LogP contribution in [0.15, 0.2) is 18.5 Å². The lowest BCUT2D eigenvalue weighted by Gasteiger charge is -2.15. The predicted octanol–water partition coefficient (Wildman–Crippen LogP) is 1.19. The molecule has 1 unspecified atom stereocenters. The third-order valence-corrected chi connectivity index (χ3v) is 2.52. The zero-order valence-corrected chi connectivity index (χ0v) is 9.64. The first-order valence-electron chi connectivity index (χ1n) is 5.47. The van der Waals surface area contributed by atoms with Crippen molar-refractivity contribution in [2.24, 2.45) is 5.73 Å². The van der Waals surface area contributed by atoms with E-state index in [2.05, 4.69) is 28.4 Å². The summed E-state index contributed by atoms with van der Waals surface area (Å²) in [6, 6.07) is 4.40. The molecule has 0 spiro atoms. The summed E-state index contributed by atoms with van der Waals surface area (Å²) in [6.07, 6.45) is 2.50. The number of rotatable bonds is 4. The van der Waals surface area contributed by atoms with Crippen LogP contribution in [-0.4, -0.2) is 27.2 Å². The Hall–Kier alpha value is -1.62. The van der Waals surface area contributed by atoms with Gasteiger partial charge in [-0.1, -0.05) is 0 Å². The maximum Gasteiger partial charge on any atom is 0.157 e. The number of nitrogens with zero attached hydrogens (tertiary/aromatic N) is 3. The molecule has 0 aliphatic heterocycles. The van der Waals surface area contributed by atoms with Crippen molar-refractivity contribution in [3.05, 3.63) is 24.0 Å². The number of aromatic nitrogens is 3. The van der Waals surface area contributed by atoms with Gasteiger partial charge < -0.3 is 11.1 Å². The van der Waals surface area contributed by atoms with Gasteiger partial charge in [-0.05, 0) is 44.5 Å². The monoisotopic (exact) mass is 219 g/mol. The Labute approximate surface area is 94.7 Å².